The Morgan fingerprint density at radius 3 is 2.75 bits per heavy atom. The predicted octanol–water partition coefficient (Wildman–Crippen LogP) is 2.22. The fourth-order valence-corrected chi connectivity index (χ4v) is 1.81. The monoisotopic (exact) mass is 234 g/mol. The van der Waals surface area contributed by atoms with E-state index in [1.165, 1.54) is 4.88 Å². The lowest BCUT2D eigenvalue weighted by atomic mass is 10.4. The molecule has 16 heavy (non-hydrogen) atoms. The minimum absolute atomic E-state index is 0.799. The Labute approximate surface area is 99.0 Å². The van der Waals surface area contributed by atoms with Gasteiger partial charge in [0.1, 0.15) is 5.82 Å². The lowest BCUT2D eigenvalue weighted by Crippen LogP contribution is -2.10. The molecular weight excluding hydrogens is 220 g/mol. The molecule has 84 valence electrons. The van der Waals surface area contributed by atoms with Crippen molar-refractivity contribution < 1.29 is 0 Å². The predicted molar refractivity (Wildman–Crippen MR) is 68.0 cm³/mol. The van der Waals surface area contributed by atoms with E-state index in [1.54, 1.807) is 11.3 Å². The molecule has 0 atom stereocenters. The van der Waals surface area contributed by atoms with E-state index in [9.17, 15) is 0 Å². The summed E-state index contributed by atoms with van der Waals surface area (Å²) < 4.78 is 0. The first-order chi connectivity index (χ1) is 7.75. The normalized spacial score (nSPS) is 10.1. The average molecular weight is 234 g/mol. The van der Waals surface area contributed by atoms with Crippen LogP contribution in [0.4, 0.5) is 11.5 Å². The minimum Gasteiger partial charge on any atom is -0.379 e. The van der Waals surface area contributed by atoms with Crippen LogP contribution >= 0.6 is 11.3 Å². The maximum absolute atomic E-state index is 4.33. The summed E-state index contributed by atoms with van der Waals surface area (Å²) in [6.45, 7) is 0.799. The highest BCUT2D eigenvalue weighted by Crippen LogP contribution is 2.13. The van der Waals surface area contributed by atoms with Crippen LogP contribution < -0.4 is 10.2 Å². The van der Waals surface area contributed by atoms with Crippen LogP contribution in [0.3, 0.4) is 0 Å². The second-order valence-corrected chi connectivity index (χ2v) is 4.59. The number of rotatable bonds is 4. The average Bonchev–Trinajstić information content (AvgIpc) is 2.80. The maximum atomic E-state index is 4.33. The van der Waals surface area contributed by atoms with E-state index in [2.05, 4.69) is 15.3 Å². The first-order valence-corrected chi connectivity index (χ1v) is 5.88. The van der Waals surface area contributed by atoms with Crippen LogP contribution in [0.2, 0.25) is 0 Å². The van der Waals surface area contributed by atoms with E-state index in [0.29, 0.717) is 0 Å². The van der Waals surface area contributed by atoms with Gasteiger partial charge in [-0.2, -0.15) is 0 Å². The summed E-state index contributed by atoms with van der Waals surface area (Å²) in [6.07, 6.45) is 3.72. The molecule has 2 aromatic rings. The summed E-state index contributed by atoms with van der Waals surface area (Å²) in [5, 5.41) is 3.30. The highest BCUT2D eigenvalue weighted by atomic mass is 32.1. The highest BCUT2D eigenvalue weighted by molar-refractivity contribution is 7.09. The summed E-state index contributed by atoms with van der Waals surface area (Å²) in [4.78, 5) is 11.6. The molecular formula is C11H14N4S. The molecule has 0 saturated carbocycles. The van der Waals surface area contributed by atoms with Crippen LogP contribution in [-0.2, 0) is 6.54 Å². The van der Waals surface area contributed by atoms with E-state index in [0.717, 1.165) is 18.1 Å². The number of hydrogen-bond donors (Lipinski definition) is 1. The molecule has 0 saturated heterocycles. The van der Waals surface area contributed by atoms with Crippen LogP contribution in [0.1, 0.15) is 4.88 Å². The van der Waals surface area contributed by atoms with Gasteiger partial charge < -0.3 is 10.2 Å². The first kappa shape index (κ1) is 10.9. The Balaban J connectivity index is 1.95. The molecule has 0 unspecified atom stereocenters. The topological polar surface area (TPSA) is 41.0 Å². The third-order valence-electron chi connectivity index (χ3n) is 2.16. The Bertz CT molecular complexity index is 422. The highest BCUT2D eigenvalue weighted by Gasteiger charge is 1.98. The number of pyridine rings is 1. The van der Waals surface area contributed by atoms with E-state index >= 15 is 0 Å². The van der Waals surface area contributed by atoms with E-state index in [4.69, 9.17) is 0 Å². The quantitative estimate of drug-likeness (QED) is 0.880. The van der Waals surface area contributed by atoms with Crippen molar-refractivity contribution in [3.05, 3.63) is 34.9 Å². The van der Waals surface area contributed by atoms with Gasteiger partial charge >= 0.3 is 0 Å². The fraction of sp³-hybridized carbons (Fsp3) is 0.273. The third-order valence-corrected chi connectivity index (χ3v) is 2.94. The Kier molecular flexibility index (Phi) is 3.36. The molecule has 2 rings (SSSR count). The third kappa shape index (κ3) is 2.70. The van der Waals surface area contributed by atoms with Gasteiger partial charge in [-0.15, -0.1) is 11.3 Å². The summed E-state index contributed by atoms with van der Waals surface area (Å²) in [5.41, 5.74) is 2.86. The number of aromatic nitrogens is 2. The van der Waals surface area contributed by atoms with Crippen molar-refractivity contribution in [2.45, 2.75) is 6.54 Å². The molecule has 0 radical (unpaired) electrons. The molecule has 0 aromatic carbocycles. The molecule has 1 N–H and O–H groups in total. The van der Waals surface area contributed by atoms with Gasteiger partial charge in [-0.05, 0) is 12.1 Å². The van der Waals surface area contributed by atoms with Crippen molar-refractivity contribution >= 4 is 22.8 Å². The van der Waals surface area contributed by atoms with Gasteiger partial charge in [0, 0.05) is 25.2 Å². The van der Waals surface area contributed by atoms with Crippen molar-refractivity contribution in [1.29, 1.82) is 0 Å². The molecule has 5 heteroatoms. The Morgan fingerprint density at radius 2 is 2.19 bits per heavy atom. The minimum atomic E-state index is 0.799. The molecule has 4 nitrogen and oxygen atoms in total. The van der Waals surface area contributed by atoms with Gasteiger partial charge in [-0.3, -0.25) is 4.98 Å². The molecule has 0 amide bonds. The summed E-state index contributed by atoms with van der Waals surface area (Å²) in [5.74, 6) is 0.961. The second-order valence-electron chi connectivity index (χ2n) is 3.62. The zero-order valence-electron chi connectivity index (χ0n) is 9.34. The molecule has 0 aliphatic rings. The largest absolute Gasteiger partial charge is 0.379 e. The number of hydrogen-bond acceptors (Lipinski definition) is 5. The zero-order valence-corrected chi connectivity index (χ0v) is 10.2. The number of nitrogens with zero attached hydrogens (tertiary/aromatic N) is 3. The molecule has 0 aliphatic carbocycles. The Hall–Kier alpha value is -1.62. The molecule has 0 bridgehead atoms. The number of anilines is 2. The smallest absolute Gasteiger partial charge is 0.128 e. The fourth-order valence-electron chi connectivity index (χ4n) is 1.27. The Morgan fingerprint density at radius 1 is 1.31 bits per heavy atom. The van der Waals surface area contributed by atoms with E-state index in [-0.39, 0.29) is 0 Å². The van der Waals surface area contributed by atoms with Gasteiger partial charge in [0.15, 0.2) is 0 Å². The SMILES string of the molecule is CN(C)c1ccc(NCc2cncs2)cn1. The number of nitrogens with one attached hydrogen (secondary N) is 1. The van der Waals surface area contributed by atoms with Crippen molar-refractivity contribution in [1.82, 2.24) is 9.97 Å². The van der Waals surface area contributed by atoms with Gasteiger partial charge in [0.05, 0.1) is 23.9 Å². The van der Waals surface area contributed by atoms with Crippen LogP contribution in [-0.4, -0.2) is 24.1 Å². The molecule has 0 aliphatic heterocycles. The lowest BCUT2D eigenvalue weighted by molar-refractivity contribution is 1.06. The van der Waals surface area contributed by atoms with Crippen LogP contribution in [0.25, 0.3) is 0 Å². The van der Waals surface area contributed by atoms with Crippen molar-refractivity contribution in [3.8, 4) is 0 Å². The van der Waals surface area contributed by atoms with Crippen LogP contribution in [0, 0.1) is 0 Å². The molecule has 0 spiro atoms. The van der Waals surface area contributed by atoms with Crippen molar-refractivity contribution in [3.63, 3.8) is 0 Å². The van der Waals surface area contributed by atoms with Gasteiger partial charge in [-0.1, -0.05) is 0 Å². The molecule has 2 aromatic heterocycles. The van der Waals surface area contributed by atoms with Crippen molar-refractivity contribution in [2.24, 2.45) is 0 Å². The van der Waals surface area contributed by atoms with Crippen molar-refractivity contribution in [2.75, 3.05) is 24.3 Å². The molecule has 0 fully saturated rings. The van der Waals surface area contributed by atoms with Gasteiger partial charge in [-0.25, -0.2) is 4.98 Å². The van der Waals surface area contributed by atoms with E-state index < -0.39 is 0 Å². The summed E-state index contributed by atoms with van der Waals surface area (Å²) in [7, 11) is 3.96. The second kappa shape index (κ2) is 4.94. The summed E-state index contributed by atoms with van der Waals surface area (Å²) >= 11 is 1.65. The van der Waals surface area contributed by atoms with Crippen LogP contribution in [0.15, 0.2) is 30.0 Å². The van der Waals surface area contributed by atoms with Crippen LogP contribution in [0.5, 0.6) is 0 Å². The number of thiazole rings is 1. The lowest BCUT2D eigenvalue weighted by Gasteiger charge is -2.11. The van der Waals surface area contributed by atoms with Gasteiger partial charge in [0.25, 0.3) is 0 Å². The van der Waals surface area contributed by atoms with Gasteiger partial charge in [0.2, 0.25) is 0 Å². The zero-order chi connectivity index (χ0) is 11.4. The summed E-state index contributed by atoms with van der Waals surface area (Å²) in [6, 6.07) is 4.03. The first-order valence-electron chi connectivity index (χ1n) is 5.00. The van der Waals surface area contributed by atoms with E-state index in [1.807, 2.05) is 49.0 Å². The standard InChI is InChI=1S/C11H14N4S/c1-15(2)11-4-3-9(5-14-11)13-7-10-6-12-8-16-10/h3-6,8,13H,7H2,1-2H3. The maximum Gasteiger partial charge on any atom is 0.128 e. The molecule has 2 heterocycles.